The average Bonchev–Trinajstić information content (AvgIpc) is 2.75. The van der Waals surface area contributed by atoms with Crippen molar-refractivity contribution in [2.75, 3.05) is 23.9 Å². The third-order valence-electron chi connectivity index (χ3n) is 5.24. The van der Waals surface area contributed by atoms with Crippen LogP contribution >= 0.6 is 0 Å². The second-order valence-corrected chi connectivity index (χ2v) is 9.34. The number of hydrogen-bond donors (Lipinski definition) is 2. The van der Waals surface area contributed by atoms with Gasteiger partial charge in [0.25, 0.3) is 17.7 Å². The summed E-state index contributed by atoms with van der Waals surface area (Å²) < 4.78 is 23.5. The van der Waals surface area contributed by atoms with Crippen LogP contribution in [0.2, 0.25) is 0 Å². The zero-order chi connectivity index (χ0) is 25.2. The highest BCUT2D eigenvalue weighted by Gasteiger charge is 2.38. The number of nitrogens with two attached hydrogens (primary N) is 2. The molecule has 0 unspecified atom stereocenters. The minimum Gasteiger partial charge on any atom is -0.378 e. The molecule has 0 aromatic heterocycles. The highest BCUT2D eigenvalue weighted by molar-refractivity contribution is 7.89. The normalized spacial score (nSPS) is 16.0. The van der Waals surface area contributed by atoms with Crippen LogP contribution in [0.15, 0.2) is 82.3 Å². The van der Waals surface area contributed by atoms with E-state index in [9.17, 15) is 22.8 Å². The quantitative estimate of drug-likeness (QED) is 0.366. The zero-order valence-corrected chi connectivity index (χ0v) is 19.7. The number of benzene rings is 2. The Morgan fingerprint density at radius 2 is 1.68 bits per heavy atom. The second-order valence-electron chi connectivity index (χ2n) is 7.78. The molecule has 2 aromatic rings. The number of hydrogen-bond acceptors (Lipinski definition) is 6. The van der Waals surface area contributed by atoms with Gasteiger partial charge in [-0.25, -0.2) is 18.5 Å². The summed E-state index contributed by atoms with van der Waals surface area (Å²) >= 11 is 0. The summed E-state index contributed by atoms with van der Waals surface area (Å²) in [6.07, 6.45) is 4.86. The van der Waals surface area contributed by atoms with Crippen molar-refractivity contribution in [2.24, 2.45) is 10.9 Å². The Balaban J connectivity index is 2.06. The molecule has 3 rings (SSSR count). The molecule has 0 saturated heterocycles. The summed E-state index contributed by atoms with van der Waals surface area (Å²) in [7, 11) is -0.225. The fourth-order valence-corrected chi connectivity index (χ4v) is 3.99. The topological polar surface area (TPSA) is 144 Å². The van der Waals surface area contributed by atoms with Crippen LogP contribution in [0.1, 0.15) is 12.5 Å². The first-order valence-electron chi connectivity index (χ1n) is 10.1. The number of rotatable bonds is 6. The molecule has 0 saturated carbocycles. The van der Waals surface area contributed by atoms with Crippen LogP contribution < -0.4 is 20.7 Å². The number of amides is 3. The van der Waals surface area contributed by atoms with Crippen molar-refractivity contribution in [1.82, 2.24) is 0 Å². The third-order valence-corrected chi connectivity index (χ3v) is 6.15. The molecule has 3 amide bonds. The zero-order valence-electron chi connectivity index (χ0n) is 18.8. The molecule has 176 valence electrons. The average molecular weight is 481 g/mol. The van der Waals surface area contributed by atoms with Gasteiger partial charge in [0, 0.05) is 25.4 Å². The minimum atomic E-state index is -4.09. The lowest BCUT2D eigenvalue weighted by molar-refractivity contribution is -0.125. The molecule has 0 atom stereocenters. The predicted octanol–water partition coefficient (Wildman–Crippen LogP) is 1.71. The monoisotopic (exact) mass is 480 g/mol. The number of sulfonamides is 1. The van der Waals surface area contributed by atoms with E-state index < -0.39 is 27.7 Å². The molecule has 10 heteroatoms. The lowest BCUT2D eigenvalue weighted by atomic mass is 9.93. The Labute approximate surface area is 197 Å². The van der Waals surface area contributed by atoms with Crippen molar-refractivity contribution in [3.63, 3.8) is 0 Å². The van der Waals surface area contributed by atoms with Crippen molar-refractivity contribution >= 4 is 45.2 Å². The Morgan fingerprint density at radius 1 is 1.03 bits per heavy atom. The maximum Gasteiger partial charge on any atom is 0.271 e. The van der Waals surface area contributed by atoms with Crippen LogP contribution in [-0.4, -0.2) is 40.2 Å². The molecule has 0 bridgehead atoms. The summed E-state index contributed by atoms with van der Waals surface area (Å²) in [6, 6.07) is 12.7. The number of carbonyl (C=O) groups is 3. The third kappa shape index (κ3) is 4.98. The lowest BCUT2D eigenvalue weighted by Crippen LogP contribution is -2.46. The fourth-order valence-electron chi connectivity index (χ4n) is 3.44. The molecule has 1 aliphatic rings. The van der Waals surface area contributed by atoms with E-state index in [0.29, 0.717) is 4.90 Å². The second kappa shape index (κ2) is 9.46. The van der Waals surface area contributed by atoms with Crippen molar-refractivity contribution in [1.29, 1.82) is 0 Å². The molecule has 0 radical (unpaired) electrons. The van der Waals surface area contributed by atoms with E-state index in [1.165, 1.54) is 31.2 Å². The van der Waals surface area contributed by atoms with Gasteiger partial charge in [-0.1, -0.05) is 30.4 Å². The maximum atomic E-state index is 13.3. The molecule has 0 fully saturated rings. The van der Waals surface area contributed by atoms with Crippen LogP contribution in [0.5, 0.6) is 0 Å². The summed E-state index contributed by atoms with van der Waals surface area (Å²) in [5, 5.41) is 5.17. The number of carbonyl (C=O) groups excluding carboxylic acids is 3. The Bertz CT molecular complexity index is 1370. The molecule has 2 aromatic carbocycles. The van der Waals surface area contributed by atoms with Crippen molar-refractivity contribution in [3.05, 3.63) is 83.0 Å². The first-order valence-corrected chi connectivity index (χ1v) is 11.6. The van der Waals surface area contributed by atoms with Gasteiger partial charge in [0.1, 0.15) is 5.57 Å². The summed E-state index contributed by atoms with van der Waals surface area (Å²) in [6.45, 7) is 1.46. The van der Waals surface area contributed by atoms with E-state index in [1.54, 1.807) is 12.2 Å². The minimum absolute atomic E-state index is 0.0538. The number of nitrogens with zero attached hydrogens (tertiary/aromatic N) is 2. The number of allylic oxidation sites excluding steroid dienone is 2. The Kier molecular flexibility index (Phi) is 6.85. The van der Waals surface area contributed by atoms with Crippen molar-refractivity contribution in [2.45, 2.75) is 11.8 Å². The molecule has 34 heavy (non-hydrogen) atoms. The van der Waals surface area contributed by atoms with Crippen LogP contribution in [0.3, 0.4) is 0 Å². The van der Waals surface area contributed by atoms with E-state index in [4.69, 9.17) is 10.9 Å². The molecule has 0 spiro atoms. The van der Waals surface area contributed by atoms with Crippen LogP contribution in [0, 0.1) is 0 Å². The Hall–Kier alpha value is -4.02. The van der Waals surface area contributed by atoms with Gasteiger partial charge in [0.2, 0.25) is 10.0 Å². The molecular formula is C24H24N4O5S. The standard InChI is InChI=1S/C24H24N4O5S/c1-15-20(9-4-6-16-10-12-17(13-11-16)27(2)3)23(30)28(24(31)21(15)22(25)29)18-7-5-8-19(14-18)34(26,32)33/h4-14H,1-3H3,(H2,25,29)(H2,26,32,33)/b6-4+,20-9+. The summed E-state index contributed by atoms with van der Waals surface area (Å²) in [4.78, 5) is 40.7. The molecule has 1 heterocycles. The predicted molar refractivity (Wildman–Crippen MR) is 130 cm³/mol. The number of anilines is 2. The van der Waals surface area contributed by atoms with Gasteiger partial charge in [0.05, 0.1) is 10.6 Å². The molecular weight excluding hydrogens is 456 g/mol. The van der Waals surface area contributed by atoms with E-state index >= 15 is 0 Å². The van der Waals surface area contributed by atoms with Gasteiger partial charge in [-0.2, -0.15) is 0 Å². The number of primary amides is 1. The van der Waals surface area contributed by atoms with Gasteiger partial charge >= 0.3 is 0 Å². The SMILES string of the molecule is CC1=C(C(N)=O)C(=O)N(c2cccc(S(N)(=O)=O)c2)C(=O)/C1=C/C=C/c1ccc(N(C)C)cc1. The molecule has 4 N–H and O–H groups in total. The lowest BCUT2D eigenvalue weighted by Gasteiger charge is -2.28. The van der Waals surface area contributed by atoms with Crippen LogP contribution in [0.4, 0.5) is 11.4 Å². The van der Waals surface area contributed by atoms with Gasteiger partial charge in [0.15, 0.2) is 0 Å². The van der Waals surface area contributed by atoms with E-state index in [0.717, 1.165) is 17.3 Å². The smallest absolute Gasteiger partial charge is 0.271 e. The largest absolute Gasteiger partial charge is 0.378 e. The Morgan fingerprint density at radius 3 is 2.24 bits per heavy atom. The van der Waals surface area contributed by atoms with Crippen molar-refractivity contribution in [3.8, 4) is 0 Å². The van der Waals surface area contributed by atoms with Crippen LogP contribution in [0.25, 0.3) is 6.08 Å². The van der Waals surface area contributed by atoms with Gasteiger partial charge < -0.3 is 10.6 Å². The molecule has 9 nitrogen and oxygen atoms in total. The van der Waals surface area contributed by atoms with E-state index in [-0.39, 0.29) is 27.3 Å². The van der Waals surface area contributed by atoms with E-state index in [2.05, 4.69) is 0 Å². The molecule has 1 aliphatic heterocycles. The number of imide groups is 1. The van der Waals surface area contributed by atoms with Crippen molar-refractivity contribution < 1.29 is 22.8 Å². The van der Waals surface area contributed by atoms with Gasteiger partial charge in [-0.15, -0.1) is 0 Å². The summed E-state index contributed by atoms with van der Waals surface area (Å²) in [5.74, 6) is -2.68. The van der Waals surface area contributed by atoms with Gasteiger partial charge in [-0.3, -0.25) is 14.4 Å². The summed E-state index contributed by atoms with van der Waals surface area (Å²) in [5.41, 5.74) is 7.11. The number of primary sulfonamides is 1. The fraction of sp³-hybridized carbons (Fsp3) is 0.125. The van der Waals surface area contributed by atoms with Gasteiger partial charge in [-0.05, 0) is 54.5 Å². The highest BCUT2D eigenvalue weighted by Crippen LogP contribution is 2.30. The maximum absolute atomic E-state index is 13.3. The first kappa shape index (κ1) is 24.6. The first-order chi connectivity index (χ1) is 15.9. The molecule has 0 aliphatic carbocycles. The highest BCUT2D eigenvalue weighted by atomic mass is 32.2. The van der Waals surface area contributed by atoms with E-state index in [1.807, 2.05) is 43.3 Å². The van der Waals surface area contributed by atoms with Crippen LogP contribution in [-0.2, 0) is 24.4 Å².